The van der Waals surface area contributed by atoms with Crippen LogP contribution in [-0.2, 0) is 26.2 Å². The first kappa shape index (κ1) is 26.2. The van der Waals surface area contributed by atoms with Gasteiger partial charge in [0.05, 0.1) is 10.6 Å². The van der Waals surface area contributed by atoms with Gasteiger partial charge in [0.2, 0.25) is 11.8 Å². The topological polar surface area (TPSA) is 86.8 Å². The first-order valence-corrected chi connectivity index (χ1v) is 12.5. The highest BCUT2D eigenvalue weighted by Crippen LogP contribution is 2.27. The van der Waals surface area contributed by atoms with Gasteiger partial charge in [0.25, 0.3) is 10.0 Å². The van der Waals surface area contributed by atoms with Crippen LogP contribution < -0.4 is 9.62 Å². The zero-order valence-electron chi connectivity index (χ0n) is 19.2. The number of carbonyl (C=O) groups is 2. The number of hydrogen-bond donors (Lipinski definition) is 1. The van der Waals surface area contributed by atoms with Gasteiger partial charge >= 0.3 is 0 Å². The Bertz CT molecular complexity index is 1300. The van der Waals surface area contributed by atoms with Gasteiger partial charge in [0.1, 0.15) is 18.4 Å². The molecular weight excluding hydrogens is 493 g/mol. The van der Waals surface area contributed by atoms with Crippen LogP contribution in [0.1, 0.15) is 12.5 Å². The highest BCUT2D eigenvalue weighted by molar-refractivity contribution is 7.92. The van der Waals surface area contributed by atoms with Gasteiger partial charge in [-0.2, -0.15) is 0 Å². The molecule has 7 nitrogen and oxygen atoms in total. The van der Waals surface area contributed by atoms with Crippen LogP contribution in [0.15, 0.2) is 83.8 Å². The maximum absolute atomic E-state index is 14.8. The summed E-state index contributed by atoms with van der Waals surface area (Å²) in [5, 5.41) is 2.94. The summed E-state index contributed by atoms with van der Waals surface area (Å²) in [7, 11) is -2.88. The van der Waals surface area contributed by atoms with Crippen LogP contribution in [0.2, 0.25) is 5.02 Å². The highest BCUT2D eigenvalue weighted by Gasteiger charge is 2.33. The summed E-state index contributed by atoms with van der Waals surface area (Å²) in [6.07, 6.45) is 0. The van der Waals surface area contributed by atoms with Crippen molar-refractivity contribution in [3.8, 4) is 0 Å². The molecule has 0 aliphatic rings. The average Bonchev–Trinajstić information content (AvgIpc) is 2.85. The molecule has 3 rings (SSSR count). The normalized spacial score (nSPS) is 12.0. The summed E-state index contributed by atoms with van der Waals surface area (Å²) in [5.74, 6) is -1.94. The van der Waals surface area contributed by atoms with E-state index in [1.165, 1.54) is 61.3 Å². The van der Waals surface area contributed by atoms with Crippen LogP contribution in [0.3, 0.4) is 0 Å². The maximum atomic E-state index is 14.8. The first-order valence-electron chi connectivity index (χ1n) is 10.7. The third kappa shape index (κ3) is 6.17. The third-order valence-electron chi connectivity index (χ3n) is 5.39. The number of amides is 2. The van der Waals surface area contributed by atoms with Crippen LogP contribution >= 0.6 is 11.6 Å². The maximum Gasteiger partial charge on any atom is 0.264 e. The lowest BCUT2D eigenvalue weighted by Gasteiger charge is -2.31. The van der Waals surface area contributed by atoms with Crippen LogP contribution in [0.4, 0.5) is 10.1 Å². The van der Waals surface area contributed by atoms with Crippen molar-refractivity contribution in [2.45, 2.75) is 24.4 Å². The van der Waals surface area contributed by atoms with Crippen molar-refractivity contribution in [3.05, 3.63) is 95.3 Å². The number of anilines is 1. The van der Waals surface area contributed by atoms with Gasteiger partial charge < -0.3 is 10.2 Å². The lowest BCUT2D eigenvalue weighted by atomic mass is 10.1. The van der Waals surface area contributed by atoms with Crippen molar-refractivity contribution in [1.29, 1.82) is 0 Å². The Balaban J connectivity index is 2.04. The second-order valence-electron chi connectivity index (χ2n) is 7.72. The third-order valence-corrected chi connectivity index (χ3v) is 7.40. The zero-order valence-corrected chi connectivity index (χ0v) is 20.8. The molecule has 2 amide bonds. The average molecular weight is 518 g/mol. The number of nitrogens with one attached hydrogen (secondary N) is 1. The van der Waals surface area contributed by atoms with E-state index in [0.717, 1.165) is 10.4 Å². The second-order valence-corrected chi connectivity index (χ2v) is 10.0. The molecule has 184 valence electrons. The number of hydrogen-bond acceptors (Lipinski definition) is 4. The number of sulfonamides is 1. The Hall–Kier alpha value is -3.43. The van der Waals surface area contributed by atoms with Gasteiger partial charge in [-0.1, -0.05) is 54.1 Å². The summed E-state index contributed by atoms with van der Waals surface area (Å²) < 4.78 is 42.5. The smallest absolute Gasteiger partial charge is 0.264 e. The fraction of sp³-hybridized carbons (Fsp3) is 0.200. The van der Waals surface area contributed by atoms with E-state index in [-0.39, 0.29) is 17.1 Å². The number of para-hydroxylation sites is 1. The fourth-order valence-electron chi connectivity index (χ4n) is 3.51. The van der Waals surface area contributed by atoms with Gasteiger partial charge in [-0.05, 0) is 48.9 Å². The number of likely N-dealkylation sites (N-methyl/N-ethyl adjacent to an activating group) is 1. The molecule has 0 unspecified atom stereocenters. The van der Waals surface area contributed by atoms with E-state index < -0.39 is 40.2 Å². The number of nitrogens with zero attached hydrogens (tertiary/aromatic N) is 2. The van der Waals surface area contributed by atoms with E-state index in [1.54, 1.807) is 30.3 Å². The quantitative estimate of drug-likeness (QED) is 0.467. The molecule has 0 bridgehead atoms. The molecule has 0 spiro atoms. The molecule has 3 aromatic rings. The van der Waals surface area contributed by atoms with Crippen molar-refractivity contribution in [1.82, 2.24) is 10.2 Å². The largest absolute Gasteiger partial charge is 0.357 e. The first-order chi connectivity index (χ1) is 16.6. The monoisotopic (exact) mass is 517 g/mol. The van der Waals surface area contributed by atoms with E-state index in [0.29, 0.717) is 10.6 Å². The Labute approximate surface area is 209 Å². The molecule has 10 heteroatoms. The number of benzene rings is 3. The predicted octanol–water partition coefficient (Wildman–Crippen LogP) is 3.84. The van der Waals surface area contributed by atoms with Crippen LogP contribution in [0.5, 0.6) is 0 Å². The Kier molecular flexibility index (Phi) is 8.48. The molecule has 0 aliphatic carbocycles. The molecule has 1 atom stereocenters. The molecule has 0 saturated heterocycles. The molecule has 0 radical (unpaired) electrons. The Morgan fingerprint density at radius 3 is 2.29 bits per heavy atom. The van der Waals surface area contributed by atoms with Crippen LogP contribution in [0.25, 0.3) is 0 Å². The number of carbonyl (C=O) groups excluding carboxylic acids is 2. The lowest BCUT2D eigenvalue weighted by Crippen LogP contribution is -2.50. The van der Waals surface area contributed by atoms with E-state index in [1.807, 2.05) is 0 Å². The second kappa shape index (κ2) is 11.3. The molecule has 0 aliphatic heterocycles. The van der Waals surface area contributed by atoms with Crippen molar-refractivity contribution in [2.24, 2.45) is 0 Å². The van der Waals surface area contributed by atoms with Crippen molar-refractivity contribution >= 4 is 39.1 Å². The SMILES string of the molecule is CNC(=O)[C@H](C)N(Cc1cccc(Cl)c1)C(=O)CN(c1ccccc1F)S(=O)(=O)c1ccccc1. The molecule has 3 aromatic carbocycles. The summed E-state index contributed by atoms with van der Waals surface area (Å²) in [6.45, 7) is 0.797. The molecule has 0 fully saturated rings. The van der Waals surface area contributed by atoms with Gasteiger partial charge in [0, 0.05) is 18.6 Å². The lowest BCUT2D eigenvalue weighted by molar-refractivity contribution is -0.139. The number of halogens is 2. The van der Waals surface area contributed by atoms with Crippen LogP contribution in [-0.4, -0.2) is 44.8 Å². The highest BCUT2D eigenvalue weighted by atomic mass is 35.5. The molecular formula is C25H25ClFN3O4S. The minimum absolute atomic E-state index is 0.00945. The van der Waals surface area contributed by atoms with Gasteiger partial charge in [-0.3, -0.25) is 13.9 Å². The summed E-state index contributed by atoms with van der Waals surface area (Å²) in [5.41, 5.74) is 0.366. The van der Waals surface area contributed by atoms with Crippen molar-refractivity contribution in [3.63, 3.8) is 0 Å². The van der Waals surface area contributed by atoms with E-state index in [2.05, 4.69) is 5.32 Å². The standard InChI is InChI=1S/C25H25ClFN3O4S/c1-18(25(32)28-2)29(16-19-9-8-10-20(26)15-19)24(31)17-30(23-14-7-6-13-22(23)27)35(33,34)21-11-4-3-5-12-21/h3-15,18H,16-17H2,1-2H3,(H,28,32)/t18-/m0/s1. The molecule has 0 saturated carbocycles. The fourth-order valence-corrected chi connectivity index (χ4v) is 5.17. The van der Waals surface area contributed by atoms with E-state index in [4.69, 9.17) is 11.6 Å². The molecule has 0 heterocycles. The molecule has 35 heavy (non-hydrogen) atoms. The summed E-state index contributed by atoms with van der Waals surface area (Å²) >= 11 is 6.07. The van der Waals surface area contributed by atoms with Crippen LogP contribution in [0, 0.1) is 5.82 Å². The van der Waals surface area contributed by atoms with E-state index >= 15 is 0 Å². The van der Waals surface area contributed by atoms with Gasteiger partial charge in [0.15, 0.2) is 0 Å². The molecule has 1 N–H and O–H groups in total. The zero-order chi connectivity index (χ0) is 25.6. The molecule has 0 aromatic heterocycles. The van der Waals surface area contributed by atoms with Crippen molar-refractivity contribution < 1.29 is 22.4 Å². The van der Waals surface area contributed by atoms with Gasteiger partial charge in [-0.15, -0.1) is 0 Å². The van der Waals surface area contributed by atoms with Crippen molar-refractivity contribution in [2.75, 3.05) is 17.9 Å². The Morgan fingerprint density at radius 2 is 1.66 bits per heavy atom. The predicted molar refractivity (Wildman–Crippen MR) is 133 cm³/mol. The van der Waals surface area contributed by atoms with Gasteiger partial charge in [-0.25, -0.2) is 12.8 Å². The Morgan fingerprint density at radius 1 is 1.00 bits per heavy atom. The number of rotatable bonds is 9. The minimum atomic E-state index is -4.31. The minimum Gasteiger partial charge on any atom is -0.357 e. The summed E-state index contributed by atoms with van der Waals surface area (Å²) in [6, 6.07) is 18.6. The summed E-state index contributed by atoms with van der Waals surface area (Å²) in [4.78, 5) is 27.1. The van der Waals surface area contributed by atoms with E-state index in [9.17, 15) is 22.4 Å².